The molecule has 19 heavy (non-hydrogen) atoms. The number of hydrogen-bond acceptors (Lipinski definition) is 4. The van der Waals surface area contributed by atoms with Gasteiger partial charge in [0, 0.05) is 23.6 Å². The molecule has 1 aromatic rings. The number of thioether (sulfide) groups is 1. The summed E-state index contributed by atoms with van der Waals surface area (Å²) in [6.45, 7) is 8.07. The van der Waals surface area contributed by atoms with Gasteiger partial charge in [0.25, 0.3) is 0 Å². The number of benzene rings is 1. The second kappa shape index (κ2) is 7.65. The molecule has 0 fully saturated rings. The Bertz CT molecular complexity index is 396. The quantitative estimate of drug-likeness (QED) is 0.641. The summed E-state index contributed by atoms with van der Waals surface area (Å²) in [5, 5.41) is 3.45. The van der Waals surface area contributed by atoms with E-state index in [4.69, 9.17) is 9.47 Å². The highest BCUT2D eigenvalue weighted by Gasteiger charge is 2.10. The van der Waals surface area contributed by atoms with Crippen molar-refractivity contribution in [1.29, 1.82) is 0 Å². The lowest BCUT2D eigenvalue weighted by Crippen LogP contribution is -2.22. The largest absolute Gasteiger partial charge is 0.490 e. The maximum Gasteiger partial charge on any atom is 0.162 e. The van der Waals surface area contributed by atoms with Crippen LogP contribution in [0, 0.1) is 5.92 Å². The molecule has 0 saturated heterocycles. The number of fused-ring (bicyclic) bond motifs is 1. The smallest absolute Gasteiger partial charge is 0.162 e. The van der Waals surface area contributed by atoms with E-state index in [2.05, 4.69) is 31.3 Å². The van der Waals surface area contributed by atoms with Gasteiger partial charge in [0.05, 0.1) is 13.2 Å². The van der Waals surface area contributed by atoms with E-state index in [0.29, 0.717) is 5.92 Å². The molecule has 0 saturated carbocycles. The topological polar surface area (TPSA) is 30.5 Å². The lowest BCUT2D eigenvalue weighted by Gasteiger charge is -2.10. The Hall–Kier alpha value is -0.870. The van der Waals surface area contributed by atoms with Gasteiger partial charge in [-0.15, -0.1) is 11.8 Å². The summed E-state index contributed by atoms with van der Waals surface area (Å²) in [4.78, 5) is 1.25. The molecule has 4 heteroatoms. The molecule has 0 atom stereocenters. The fourth-order valence-electron chi connectivity index (χ4n) is 1.87. The molecule has 1 aliphatic rings. The molecule has 0 aromatic heterocycles. The summed E-state index contributed by atoms with van der Waals surface area (Å²) in [5.41, 5.74) is 0. The highest BCUT2D eigenvalue weighted by atomic mass is 32.2. The lowest BCUT2D eigenvalue weighted by atomic mass is 10.2. The lowest BCUT2D eigenvalue weighted by molar-refractivity contribution is 0.297. The Labute approximate surface area is 120 Å². The average molecular weight is 281 g/mol. The van der Waals surface area contributed by atoms with E-state index in [-0.39, 0.29) is 0 Å². The Morgan fingerprint density at radius 3 is 2.79 bits per heavy atom. The van der Waals surface area contributed by atoms with Crippen LogP contribution in [0.2, 0.25) is 0 Å². The maximum absolute atomic E-state index is 5.69. The van der Waals surface area contributed by atoms with Crippen LogP contribution in [0.1, 0.15) is 20.3 Å². The van der Waals surface area contributed by atoms with Crippen LogP contribution in [0.15, 0.2) is 23.1 Å². The summed E-state index contributed by atoms with van der Waals surface area (Å²) in [6.07, 6.45) is 0.955. The maximum atomic E-state index is 5.69. The molecule has 106 valence electrons. The Morgan fingerprint density at radius 1 is 1.21 bits per heavy atom. The van der Waals surface area contributed by atoms with Crippen molar-refractivity contribution >= 4 is 11.8 Å². The zero-order chi connectivity index (χ0) is 13.5. The van der Waals surface area contributed by atoms with Crippen molar-refractivity contribution in [3.63, 3.8) is 0 Å². The minimum atomic E-state index is 0.711. The molecule has 0 amide bonds. The Morgan fingerprint density at radius 2 is 2.00 bits per heavy atom. The number of ether oxygens (including phenoxy) is 2. The van der Waals surface area contributed by atoms with Gasteiger partial charge in [-0.3, -0.25) is 0 Å². The highest BCUT2D eigenvalue weighted by Crippen LogP contribution is 2.33. The van der Waals surface area contributed by atoms with Crippen LogP contribution in [0.3, 0.4) is 0 Å². The summed E-state index contributed by atoms with van der Waals surface area (Å²) in [5.74, 6) is 3.55. The van der Waals surface area contributed by atoms with Crippen molar-refractivity contribution in [3.8, 4) is 11.5 Å². The minimum absolute atomic E-state index is 0.711. The van der Waals surface area contributed by atoms with Gasteiger partial charge in [0.1, 0.15) is 0 Å². The van der Waals surface area contributed by atoms with Crippen LogP contribution < -0.4 is 14.8 Å². The van der Waals surface area contributed by atoms with E-state index < -0.39 is 0 Å². The number of nitrogens with one attached hydrogen (secondary N) is 1. The first-order chi connectivity index (χ1) is 9.25. The zero-order valence-corrected chi connectivity index (χ0v) is 12.6. The summed E-state index contributed by atoms with van der Waals surface area (Å²) in [6, 6.07) is 6.22. The van der Waals surface area contributed by atoms with Crippen LogP contribution in [-0.2, 0) is 0 Å². The Kier molecular flexibility index (Phi) is 5.86. The fraction of sp³-hybridized carbons (Fsp3) is 0.600. The van der Waals surface area contributed by atoms with Crippen molar-refractivity contribution in [2.45, 2.75) is 25.2 Å². The van der Waals surface area contributed by atoms with E-state index in [1.807, 2.05) is 17.8 Å². The molecule has 0 radical (unpaired) electrons. The number of rotatable bonds is 6. The third-order valence-corrected chi connectivity index (χ3v) is 3.81. The van der Waals surface area contributed by atoms with E-state index in [1.54, 1.807) is 0 Å². The van der Waals surface area contributed by atoms with E-state index in [1.165, 1.54) is 4.90 Å². The molecule has 1 heterocycles. The van der Waals surface area contributed by atoms with Crippen molar-refractivity contribution in [2.24, 2.45) is 5.92 Å². The summed E-state index contributed by atoms with van der Waals surface area (Å²) >= 11 is 1.85. The van der Waals surface area contributed by atoms with Gasteiger partial charge in [-0.2, -0.15) is 0 Å². The molecule has 1 N–H and O–H groups in total. The molecule has 1 aromatic carbocycles. The third kappa shape index (κ3) is 4.96. The normalized spacial score (nSPS) is 14.5. The van der Waals surface area contributed by atoms with Crippen molar-refractivity contribution < 1.29 is 9.47 Å². The minimum Gasteiger partial charge on any atom is -0.490 e. The van der Waals surface area contributed by atoms with Crippen LogP contribution in [0.25, 0.3) is 0 Å². The molecule has 3 nitrogen and oxygen atoms in total. The van der Waals surface area contributed by atoms with Crippen LogP contribution in [-0.4, -0.2) is 32.1 Å². The molecule has 0 aliphatic carbocycles. The van der Waals surface area contributed by atoms with E-state index in [0.717, 1.165) is 50.0 Å². The first-order valence-corrected chi connectivity index (χ1v) is 7.97. The predicted octanol–water partition coefficient (Wildman–Crippen LogP) is 3.19. The van der Waals surface area contributed by atoms with Gasteiger partial charge in [-0.05, 0) is 30.7 Å². The molecule has 0 spiro atoms. The summed E-state index contributed by atoms with van der Waals surface area (Å²) in [7, 11) is 0. The van der Waals surface area contributed by atoms with Crippen LogP contribution in [0.5, 0.6) is 11.5 Å². The molecule has 2 rings (SSSR count). The standard InChI is InChI=1S/C15H23NO2S/c1-12(2)11-16-6-9-19-13-4-5-14-15(10-13)18-8-3-7-17-14/h4-5,10,12,16H,3,6-9,11H2,1-2H3. The summed E-state index contributed by atoms with van der Waals surface area (Å²) < 4.78 is 11.3. The van der Waals surface area contributed by atoms with E-state index >= 15 is 0 Å². The molecular formula is C15H23NO2S. The van der Waals surface area contributed by atoms with Gasteiger partial charge in [0.2, 0.25) is 0 Å². The SMILES string of the molecule is CC(C)CNCCSc1ccc2c(c1)OCCCO2. The molecule has 0 unspecified atom stereocenters. The first kappa shape index (κ1) is 14.5. The molecule has 1 aliphatic heterocycles. The van der Waals surface area contributed by atoms with Gasteiger partial charge < -0.3 is 14.8 Å². The van der Waals surface area contributed by atoms with E-state index in [9.17, 15) is 0 Å². The first-order valence-electron chi connectivity index (χ1n) is 6.99. The average Bonchev–Trinajstić information content (AvgIpc) is 2.62. The van der Waals surface area contributed by atoms with Gasteiger partial charge in [0.15, 0.2) is 11.5 Å². The highest BCUT2D eigenvalue weighted by molar-refractivity contribution is 7.99. The van der Waals surface area contributed by atoms with Crippen molar-refractivity contribution in [3.05, 3.63) is 18.2 Å². The Balaban J connectivity index is 1.79. The zero-order valence-electron chi connectivity index (χ0n) is 11.8. The van der Waals surface area contributed by atoms with Crippen LogP contribution in [0.4, 0.5) is 0 Å². The van der Waals surface area contributed by atoms with Gasteiger partial charge >= 0.3 is 0 Å². The molecular weight excluding hydrogens is 258 g/mol. The number of hydrogen-bond donors (Lipinski definition) is 1. The second-order valence-corrected chi connectivity index (χ2v) is 6.27. The molecule has 0 bridgehead atoms. The monoisotopic (exact) mass is 281 g/mol. The fourth-order valence-corrected chi connectivity index (χ4v) is 2.70. The van der Waals surface area contributed by atoms with Crippen LogP contribution >= 0.6 is 11.8 Å². The van der Waals surface area contributed by atoms with Crippen molar-refractivity contribution in [1.82, 2.24) is 5.32 Å². The third-order valence-electron chi connectivity index (χ3n) is 2.82. The van der Waals surface area contributed by atoms with Gasteiger partial charge in [-0.1, -0.05) is 13.8 Å². The van der Waals surface area contributed by atoms with Gasteiger partial charge in [-0.25, -0.2) is 0 Å². The predicted molar refractivity (Wildman–Crippen MR) is 80.5 cm³/mol. The van der Waals surface area contributed by atoms with Crippen molar-refractivity contribution in [2.75, 3.05) is 32.1 Å². The second-order valence-electron chi connectivity index (χ2n) is 5.11.